The van der Waals surface area contributed by atoms with Gasteiger partial charge in [-0.2, -0.15) is 8.42 Å². The zero-order chi connectivity index (χ0) is 57.5. The number of unbranched alkanes of at least 4 members (excludes halogenated alkanes) is 50. The topological polar surface area (TPSA) is 192 Å². The summed E-state index contributed by atoms with van der Waals surface area (Å²) in [4.78, 5) is 13.2. The van der Waals surface area contributed by atoms with Crippen molar-refractivity contribution < 1.29 is 51.8 Å². The van der Waals surface area contributed by atoms with Crippen molar-refractivity contribution in [1.29, 1.82) is 0 Å². The summed E-state index contributed by atoms with van der Waals surface area (Å²) >= 11 is 0. The maximum Gasteiger partial charge on any atom is 0.397 e. The van der Waals surface area contributed by atoms with Crippen LogP contribution in [0.25, 0.3) is 0 Å². The summed E-state index contributed by atoms with van der Waals surface area (Å²) in [6, 6.07) is -0.855. The van der Waals surface area contributed by atoms with Crippen LogP contribution < -0.4 is 5.32 Å². The van der Waals surface area contributed by atoms with Crippen molar-refractivity contribution >= 4 is 16.3 Å². The smallest absolute Gasteiger partial charge is 0.394 e. The van der Waals surface area contributed by atoms with Crippen LogP contribution in [0.4, 0.5) is 0 Å². The summed E-state index contributed by atoms with van der Waals surface area (Å²) in [5.41, 5.74) is 0. The summed E-state index contributed by atoms with van der Waals surface area (Å²) in [5.74, 6) is -0.219. The number of aliphatic hydroxyl groups excluding tert-OH is 4. The first-order valence-corrected chi connectivity index (χ1v) is 35.8. The average Bonchev–Trinajstić information content (AvgIpc) is 3.44. The molecule has 1 aliphatic heterocycles. The quantitative estimate of drug-likeness (QED) is 0.0251. The lowest BCUT2D eigenvalue weighted by molar-refractivity contribution is -0.298. The molecule has 6 N–H and O–H groups in total. The van der Waals surface area contributed by atoms with E-state index < -0.39 is 59.9 Å². The molecule has 1 amide bonds. The maximum absolute atomic E-state index is 13.2. The van der Waals surface area contributed by atoms with Crippen molar-refractivity contribution in [2.75, 3.05) is 13.2 Å². The Morgan fingerprint density at radius 2 is 0.734 bits per heavy atom. The molecule has 7 atom stereocenters. The standard InChI is InChI=1S/C66H131NO11S/c1-3-5-7-9-11-13-15-17-19-21-23-25-27-28-29-30-31-32-34-36-38-40-42-44-46-48-50-52-54-56-62(70)67-59(58-76-66-64(72)65(78-79(73,74)75)63(71)61(57-68)77-66)60(69)55-53-51-49-47-45-43-41-39-37-35-33-26-24-22-20-18-16-14-12-10-8-6-4-2/h59-61,63-66,68-69,71-72H,3-58H2,1-2H3,(H,67,70)(H,73,74,75). The molecule has 1 fully saturated rings. The average molecular weight is 1150 g/mol. The van der Waals surface area contributed by atoms with Crippen molar-refractivity contribution in [1.82, 2.24) is 5.32 Å². The van der Waals surface area contributed by atoms with E-state index in [9.17, 15) is 38.2 Å². The second kappa shape index (κ2) is 56.2. The van der Waals surface area contributed by atoms with Gasteiger partial charge in [0.25, 0.3) is 0 Å². The summed E-state index contributed by atoms with van der Waals surface area (Å²) in [5, 5.41) is 45.3. The molecule has 1 heterocycles. The van der Waals surface area contributed by atoms with Gasteiger partial charge in [0.1, 0.15) is 24.4 Å². The first-order valence-electron chi connectivity index (χ1n) is 34.4. The number of hydrogen-bond donors (Lipinski definition) is 6. The van der Waals surface area contributed by atoms with Gasteiger partial charge >= 0.3 is 10.4 Å². The second-order valence-electron chi connectivity index (χ2n) is 24.5. The monoisotopic (exact) mass is 1150 g/mol. The third kappa shape index (κ3) is 48.1. The largest absolute Gasteiger partial charge is 0.397 e. The van der Waals surface area contributed by atoms with Gasteiger partial charge in [-0.1, -0.05) is 341 Å². The molecule has 0 aromatic rings. The Morgan fingerprint density at radius 1 is 0.456 bits per heavy atom. The molecule has 79 heavy (non-hydrogen) atoms. The molecule has 12 nitrogen and oxygen atoms in total. The van der Waals surface area contributed by atoms with Crippen LogP contribution in [0.5, 0.6) is 0 Å². The zero-order valence-electron chi connectivity index (χ0n) is 51.7. The lowest BCUT2D eigenvalue weighted by Gasteiger charge is -2.41. The number of carbonyl (C=O) groups excluding carboxylic acids is 1. The number of amides is 1. The number of carbonyl (C=O) groups is 1. The molecular weight excluding hydrogens is 1010 g/mol. The normalized spacial score (nSPS) is 18.6. The lowest BCUT2D eigenvalue weighted by Crippen LogP contribution is -2.61. The van der Waals surface area contributed by atoms with E-state index in [1.807, 2.05) is 0 Å². The minimum atomic E-state index is -5.08. The lowest BCUT2D eigenvalue weighted by atomic mass is 9.99. The molecule has 0 aromatic carbocycles. The molecule has 0 radical (unpaired) electrons. The fraction of sp³-hybridized carbons (Fsp3) is 0.985. The molecule has 0 spiro atoms. The maximum atomic E-state index is 13.2. The van der Waals surface area contributed by atoms with Gasteiger partial charge < -0.3 is 35.2 Å². The Balaban J connectivity index is 2.23. The fourth-order valence-corrected chi connectivity index (χ4v) is 12.2. The summed E-state index contributed by atoms with van der Waals surface area (Å²) in [6.07, 6.45) is 59.9. The van der Waals surface area contributed by atoms with Crippen LogP contribution >= 0.6 is 0 Å². The Kier molecular flexibility index (Phi) is 54.2. The van der Waals surface area contributed by atoms with Gasteiger partial charge in [0.05, 0.1) is 25.4 Å². The van der Waals surface area contributed by atoms with Crippen molar-refractivity contribution in [3.8, 4) is 0 Å². The molecule has 7 unspecified atom stereocenters. The highest BCUT2D eigenvalue weighted by atomic mass is 32.3. The van der Waals surface area contributed by atoms with Gasteiger partial charge in [0.2, 0.25) is 5.91 Å². The van der Waals surface area contributed by atoms with Gasteiger partial charge in [-0.15, -0.1) is 0 Å². The molecule has 1 aliphatic rings. The molecule has 0 saturated carbocycles. The van der Waals surface area contributed by atoms with E-state index in [-0.39, 0.29) is 12.5 Å². The number of aliphatic hydroxyl groups is 4. The highest BCUT2D eigenvalue weighted by Gasteiger charge is 2.48. The van der Waals surface area contributed by atoms with Gasteiger partial charge in [0, 0.05) is 6.42 Å². The van der Waals surface area contributed by atoms with E-state index >= 15 is 0 Å². The van der Waals surface area contributed by atoms with E-state index in [1.54, 1.807) is 0 Å². The second-order valence-corrected chi connectivity index (χ2v) is 25.5. The van der Waals surface area contributed by atoms with Gasteiger partial charge in [-0.3, -0.25) is 9.35 Å². The van der Waals surface area contributed by atoms with Gasteiger partial charge in [-0.05, 0) is 12.8 Å². The predicted molar refractivity (Wildman–Crippen MR) is 329 cm³/mol. The highest BCUT2D eigenvalue weighted by Crippen LogP contribution is 2.27. The van der Waals surface area contributed by atoms with Crippen molar-refractivity contribution in [2.24, 2.45) is 0 Å². The number of hydrogen-bond acceptors (Lipinski definition) is 10. The summed E-state index contributed by atoms with van der Waals surface area (Å²) in [7, 11) is -5.08. The Labute approximate surface area is 488 Å². The number of rotatable bonds is 62. The number of nitrogens with one attached hydrogen (secondary N) is 1. The molecule has 0 aromatic heterocycles. The highest BCUT2D eigenvalue weighted by molar-refractivity contribution is 7.80. The molecule has 0 aliphatic carbocycles. The Morgan fingerprint density at radius 3 is 1.01 bits per heavy atom. The predicted octanol–water partition coefficient (Wildman–Crippen LogP) is 17.6. The van der Waals surface area contributed by atoms with Crippen LogP contribution in [-0.4, -0.2) is 95.4 Å². The van der Waals surface area contributed by atoms with E-state index in [1.165, 1.54) is 283 Å². The molecule has 1 saturated heterocycles. The Hall–Kier alpha value is -0.900. The van der Waals surface area contributed by atoms with Crippen molar-refractivity contribution in [3.63, 3.8) is 0 Å². The SMILES string of the molecule is CCCCCCCCCCCCCCCCCCCCCCCCCCCCCCCC(=O)NC(COC1OC(CO)C(O)C(OS(=O)(=O)O)C1O)C(O)CCCCCCCCCCCCCCCCCCCCCCCCC. The first kappa shape index (κ1) is 76.1. The summed E-state index contributed by atoms with van der Waals surface area (Å²) in [6.45, 7) is 3.53. The van der Waals surface area contributed by atoms with Gasteiger partial charge in [0.15, 0.2) is 6.29 Å². The minimum absolute atomic E-state index is 0.219. The molecule has 1 rings (SSSR count). The van der Waals surface area contributed by atoms with Crippen molar-refractivity contribution in [2.45, 2.75) is 403 Å². The van der Waals surface area contributed by atoms with Crippen LogP contribution in [0, 0.1) is 0 Å². The van der Waals surface area contributed by atoms with Crippen LogP contribution in [-0.2, 0) is 28.9 Å². The minimum Gasteiger partial charge on any atom is -0.394 e. The zero-order valence-corrected chi connectivity index (χ0v) is 52.5. The van der Waals surface area contributed by atoms with Crippen LogP contribution in [0.2, 0.25) is 0 Å². The third-order valence-corrected chi connectivity index (χ3v) is 17.4. The van der Waals surface area contributed by atoms with Crippen LogP contribution in [0.3, 0.4) is 0 Å². The fourth-order valence-electron chi connectivity index (χ4n) is 11.6. The van der Waals surface area contributed by atoms with E-state index in [2.05, 4.69) is 23.3 Å². The van der Waals surface area contributed by atoms with E-state index in [4.69, 9.17) is 9.47 Å². The van der Waals surface area contributed by atoms with Crippen LogP contribution in [0.1, 0.15) is 361 Å². The van der Waals surface area contributed by atoms with Gasteiger partial charge in [-0.25, -0.2) is 4.18 Å². The molecule has 0 bridgehead atoms. The van der Waals surface area contributed by atoms with Crippen molar-refractivity contribution in [3.05, 3.63) is 0 Å². The van der Waals surface area contributed by atoms with Crippen LogP contribution in [0.15, 0.2) is 0 Å². The molecular formula is C66H131NO11S. The Bertz CT molecular complexity index is 1390. The molecule has 13 heteroatoms. The molecule has 472 valence electrons. The number of ether oxygens (including phenoxy) is 2. The van der Waals surface area contributed by atoms with E-state index in [0.717, 1.165) is 51.4 Å². The first-order chi connectivity index (χ1) is 38.5. The summed E-state index contributed by atoms with van der Waals surface area (Å²) < 4.78 is 48.1. The van der Waals surface area contributed by atoms with E-state index in [0.29, 0.717) is 12.8 Å². The third-order valence-electron chi connectivity index (χ3n) is 16.9.